The maximum atomic E-state index is 13.5. The van der Waals surface area contributed by atoms with Crippen LogP contribution < -0.4 is 5.32 Å². The van der Waals surface area contributed by atoms with Crippen molar-refractivity contribution in [1.82, 2.24) is 29.9 Å². The standard InChI is InChI=1S/C21H26N6O2S/c1-14(2)27-20-16(12-23-27)15(11-17(24-20)18-5-4-10-30-18)21(29)26-8-6-25(7-9-26)13-19(28)22-3/h4-5,10-12,14H,6-9,13H2,1-3H3,(H,22,28). The van der Waals surface area contributed by atoms with E-state index in [0.29, 0.717) is 38.3 Å². The monoisotopic (exact) mass is 426 g/mol. The fourth-order valence-electron chi connectivity index (χ4n) is 3.68. The summed E-state index contributed by atoms with van der Waals surface area (Å²) in [6, 6.07) is 6.03. The second-order valence-corrected chi connectivity index (χ2v) is 8.64. The Hall–Kier alpha value is -2.78. The van der Waals surface area contributed by atoms with Gasteiger partial charge in [-0.05, 0) is 31.4 Å². The third-order valence-electron chi connectivity index (χ3n) is 5.37. The van der Waals surface area contributed by atoms with E-state index in [4.69, 9.17) is 4.98 Å². The number of rotatable bonds is 5. The van der Waals surface area contributed by atoms with Gasteiger partial charge in [-0.15, -0.1) is 11.3 Å². The summed E-state index contributed by atoms with van der Waals surface area (Å²) in [4.78, 5) is 34.9. The normalized spacial score (nSPS) is 15.1. The zero-order valence-electron chi connectivity index (χ0n) is 17.5. The van der Waals surface area contributed by atoms with E-state index in [1.807, 2.05) is 33.2 Å². The number of amides is 2. The van der Waals surface area contributed by atoms with Crippen LogP contribution in [0.25, 0.3) is 21.6 Å². The lowest BCUT2D eigenvalue weighted by molar-refractivity contribution is -0.122. The van der Waals surface area contributed by atoms with Crippen LogP contribution in [0.3, 0.4) is 0 Å². The molecular weight excluding hydrogens is 400 g/mol. The van der Waals surface area contributed by atoms with E-state index in [1.54, 1.807) is 24.6 Å². The number of nitrogens with zero attached hydrogens (tertiary/aromatic N) is 5. The molecule has 1 N–H and O–H groups in total. The minimum Gasteiger partial charge on any atom is -0.358 e. The van der Waals surface area contributed by atoms with Crippen molar-refractivity contribution in [2.75, 3.05) is 39.8 Å². The highest BCUT2D eigenvalue weighted by molar-refractivity contribution is 7.13. The van der Waals surface area contributed by atoms with Crippen molar-refractivity contribution in [2.24, 2.45) is 0 Å². The van der Waals surface area contributed by atoms with Crippen molar-refractivity contribution >= 4 is 34.2 Å². The summed E-state index contributed by atoms with van der Waals surface area (Å²) in [5.74, 6) is -0.0181. The van der Waals surface area contributed by atoms with Crippen LogP contribution >= 0.6 is 11.3 Å². The fraction of sp³-hybridized carbons (Fsp3) is 0.429. The number of fused-ring (bicyclic) bond motifs is 1. The van der Waals surface area contributed by atoms with Gasteiger partial charge < -0.3 is 10.2 Å². The quantitative estimate of drug-likeness (QED) is 0.677. The van der Waals surface area contributed by atoms with Gasteiger partial charge in [0.15, 0.2) is 5.65 Å². The number of aromatic nitrogens is 3. The number of piperazine rings is 1. The van der Waals surface area contributed by atoms with Crippen molar-refractivity contribution in [1.29, 1.82) is 0 Å². The van der Waals surface area contributed by atoms with Crippen molar-refractivity contribution < 1.29 is 9.59 Å². The van der Waals surface area contributed by atoms with Crippen LogP contribution in [0.4, 0.5) is 0 Å². The Morgan fingerprint density at radius 1 is 1.23 bits per heavy atom. The molecule has 2 amide bonds. The van der Waals surface area contributed by atoms with Gasteiger partial charge in [-0.25, -0.2) is 9.67 Å². The van der Waals surface area contributed by atoms with Gasteiger partial charge in [-0.3, -0.25) is 14.5 Å². The Bertz CT molecular complexity index is 1050. The predicted molar refractivity (Wildman–Crippen MR) is 118 cm³/mol. The second kappa shape index (κ2) is 8.53. The minimum absolute atomic E-state index is 0.00712. The van der Waals surface area contributed by atoms with Crippen LogP contribution in [0.15, 0.2) is 29.8 Å². The summed E-state index contributed by atoms with van der Waals surface area (Å²) >= 11 is 1.60. The van der Waals surface area contributed by atoms with Gasteiger partial charge in [0, 0.05) is 39.3 Å². The summed E-state index contributed by atoms with van der Waals surface area (Å²) in [6.07, 6.45) is 1.75. The summed E-state index contributed by atoms with van der Waals surface area (Å²) < 4.78 is 1.87. The Morgan fingerprint density at radius 2 is 2.00 bits per heavy atom. The summed E-state index contributed by atoms with van der Waals surface area (Å²) in [5, 5.41) is 9.93. The first kappa shape index (κ1) is 20.5. The minimum atomic E-state index is -0.0110. The number of thiophene rings is 1. The van der Waals surface area contributed by atoms with Gasteiger partial charge in [0.25, 0.3) is 5.91 Å². The van der Waals surface area contributed by atoms with E-state index >= 15 is 0 Å². The molecule has 158 valence electrons. The van der Waals surface area contributed by atoms with Crippen LogP contribution in [0, 0.1) is 0 Å². The molecule has 0 bridgehead atoms. The molecule has 1 aliphatic rings. The lowest BCUT2D eigenvalue weighted by Crippen LogP contribution is -2.50. The number of pyridine rings is 1. The number of nitrogens with one attached hydrogen (secondary N) is 1. The predicted octanol–water partition coefficient (Wildman–Crippen LogP) is 2.24. The van der Waals surface area contributed by atoms with E-state index in [2.05, 4.69) is 29.2 Å². The summed E-state index contributed by atoms with van der Waals surface area (Å²) in [5.41, 5.74) is 2.16. The second-order valence-electron chi connectivity index (χ2n) is 7.69. The zero-order chi connectivity index (χ0) is 21.3. The summed E-state index contributed by atoms with van der Waals surface area (Å²) in [6.45, 7) is 7.01. The SMILES string of the molecule is CNC(=O)CN1CCN(C(=O)c2cc(-c3cccs3)nc3c2cnn3C(C)C)CC1. The average Bonchev–Trinajstić information content (AvgIpc) is 3.43. The molecular formula is C21H26N6O2S. The van der Waals surface area contributed by atoms with Crippen LogP contribution in [0.5, 0.6) is 0 Å². The maximum absolute atomic E-state index is 13.5. The first-order valence-corrected chi connectivity index (χ1v) is 11.0. The Labute approximate surface area is 179 Å². The largest absolute Gasteiger partial charge is 0.358 e. The van der Waals surface area contributed by atoms with Crippen molar-refractivity contribution in [2.45, 2.75) is 19.9 Å². The molecule has 1 fully saturated rings. The van der Waals surface area contributed by atoms with Crippen LogP contribution in [-0.2, 0) is 4.79 Å². The molecule has 0 radical (unpaired) electrons. The first-order valence-electron chi connectivity index (χ1n) is 10.1. The molecule has 1 aliphatic heterocycles. The summed E-state index contributed by atoms with van der Waals surface area (Å²) in [7, 11) is 1.64. The molecule has 1 saturated heterocycles. The third-order valence-corrected chi connectivity index (χ3v) is 6.26. The van der Waals surface area contributed by atoms with Crippen molar-refractivity contribution in [3.8, 4) is 10.6 Å². The number of hydrogen-bond donors (Lipinski definition) is 1. The molecule has 3 aromatic heterocycles. The van der Waals surface area contributed by atoms with E-state index in [-0.39, 0.29) is 17.9 Å². The molecule has 0 aliphatic carbocycles. The lowest BCUT2D eigenvalue weighted by Gasteiger charge is -2.34. The average molecular weight is 427 g/mol. The van der Waals surface area contributed by atoms with Gasteiger partial charge >= 0.3 is 0 Å². The van der Waals surface area contributed by atoms with Crippen LogP contribution in [0.1, 0.15) is 30.2 Å². The Morgan fingerprint density at radius 3 is 2.63 bits per heavy atom. The Kier molecular flexibility index (Phi) is 5.83. The number of likely N-dealkylation sites (N-methyl/N-ethyl adjacent to an activating group) is 1. The lowest BCUT2D eigenvalue weighted by atomic mass is 10.1. The van der Waals surface area contributed by atoms with Gasteiger partial charge in [0.1, 0.15) is 0 Å². The molecule has 0 saturated carbocycles. The first-order chi connectivity index (χ1) is 14.5. The highest BCUT2D eigenvalue weighted by Gasteiger charge is 2.26. The topological polar surface area (TPSA) is 83.4 Å². The van der Waals surface area contributed by atoms with Crippen LogP contribution in [-0.4, -0.2) is 76.2 Å². The van der Waals surface area contributed by atoms with Gasteiger partial charge in [-0.1, -0.05) is 6.07 Å². The van der Waals surface area contributed by atoms with Gasteiger partial charge in [-0.2, -0.15) is 5.10 Å². The molecule has 0 atom stereocenters. The molecule has 0 aromatic carbocycles. The molecule has 4 rings (SSSR count). The number of carbonyl (C=O) groups excluding carboxylic acids is 2. The van der Waals surface area contributed by atoms with E-state index < -0.39 is 0 Å². The number of carbonyl (C=O) groups is 2. The zero-order valence-corrected chi connectivity index (χ0v) is 18.3. The maximum Gasteiger partial charge on any atom is 0.254 e. The number of hydrogen-bond acceptors (Lipinski definition) is 6. The molecule has 3 aromatic rings. The highest BCUT2D eigenvalue weighted by Crippen LogP contribution is 2.29. The van der Waals surface area contributed by atoms with Gasteiger partial charge in [0.05, 0.1) is 34.3 Å². The van der Waals surface area contributed by atoms with Gasteiger partial charge in [0.2, 0.25) is 5.91 Å². The van der Waals surface area contributed by atoms with Crippen molar-refractivity contribution in [3.05, 3.63) is 35.3 Å². The van der Waals surface area contributed by atoms with E-state index in [9.17, 15) is 9.59 Å². The fourth-order valence-corrected chi connectivity index (χ4v) is 4.37. The third kappa shape index (κ3) is 3.95. The smallest absolute Gasteiger partial charge is 0.254 e. The molecule has 30 heavy (non-hydrogen) atoms. The molecule has 4 heterocycles. The molecule has 9 heteroatoms. The van der Waals surface area contributed by atoms with E-state index in [0.717, 1.165) is 21.6 Å². The molecule has 0 spiro atoms. The Balaban J connectivity index is 1.65. The molecule has 8 nitrogen and oxygen atoms in total. The van der Waals surface area contributed by atoms with Crippen molar-refractivity contribution in [3.63, 3.8) is 0 Å². The van der Waals surface area contributed by atoms with Crippen LogP contribution in [0.2, 0.25) is 0 Å². The van der Waals surface area contributed by atoms with E-state index in [1.165, 1.54) is 0 Å². The highest BCUT2D eigenvalue weighted by atomic mass is 32.1. The molecule has 0 unspecified atom stereocenters.